The molecule has 1 aliphatic rings. The topological polar surface area (TPSA) is 189 Å². The number of hydrogen-bond acceptors (Lipinski definition) is 10. The van der Waals surface area contributed by atoms with E-state index in [-0.39, 0.29) is 6.42 Å². The molecule has 9 atom stereocenters. The summed E-state index contributed by atoms with van der Waals surface area (Å²) >= 11 is 0. The normalized spacial score (nSPS) is 21.6. The van der Waals surface area contributed by atoms with Crippen molar-refractivity contribution in [1.82, 2.24) is 5.32 Å². The van der Waals surface area contributed by atoms with Gasteiger partial charge in [0.25, 0.3) is 0 Å². The summed E-state index contributed by atoms with van der Waals surface area (Å²) in [5.41, 5.74) is 0. The lowest BCUT2D eigenvalue weighted by atomic mass is 9.98. The van der Waals surface area contributed by atoms with E-state index in [0.29, 0.717) is 19.3 Å². The largest absolute Gasteiger partial charge is 0.394 e. The maximum Gasteiger partial charge on any atom is 0.249 e. The van der Waals surface area contributed by atoms with Crippen molar-refractivity contribution in [3.63, 3.8) is 0 Å². The SMILES string of the molecule is CCCCCCCCCCC/C=C\C/C=C\CCCCCCCCCCCCCCC(O)C(=O)NC(COC1OC(CO)C(O)C(O)C1O)C(O)C(O)CCCCCCCC. The van der Waals surface area contributed by atoms with Gasteiger partial charge in [-0.2, -0.15) is 0 Å². The Morgan fingerprint density at radius 2 is 1.00 bits per heavy atom. The molecule has 360 valence electrons. The molecule has 0 spiro atoms. The Morgan fingerprint density at radius 1 is 0.574 bits per heavy atom. The molecule has 0 saturated carbocycles. The molecular formula is C50H95NO10. The standard InChI is InChI=1S/C50H95NO10/c1-3-5-7-9-11-12-13-14-15-16-17-18-19-20-21-22-23-24-25-26-27-28-29-30-31-32-34-36-38-43(54)49(59)51-41(45(55)42(53)37-35-33-10-8-6-4-2)40-60-50-48(58)47(57)46(56)44(39-52)61-50/h17-18,20-21,41-48,50,52-58H,3-16,19,22-40H2,1-2H3,(H,51,59)/b18-17-,21-20-. The molecule has 9 unspecified atom stereocenters. The highest BCUT2D eigenvalue weighted by Gasteiger charge is 2.44. The van der Waals surface area contributed by atoms with Crippen molar-refractivity contribution in [2.45, 2.75) is 274 Å². The van der Waals surface area contributed by atoms with E-state index in [2.05, 4.69) is 43.5 Å². The fourth-order valence-electron chi connectivity index (χ4n) is 8.06. The summed E-state index contributed by atoms with van der Waals surface area (Å²) in [7, 11) is 0. The smallest absolute Gasteiger partial charge is 0.249 e. The molecule has 0 aliphatic carbocycles. The third-order valence-electron chi connectivity index (χ3n) is 12.3. The van der Waals surface area contributed by atoms with E-state index in [1.807, 2.05) is 0 Å². The van der Waals surface area contributed by atoms with Crippen molar-refractivity contribution in [2.24, 2.45) is 0 Å². The molecule has 1 saturated heterocycles. The van der Waals surface area contributed by atoms with Crippen LogP contribution in [0, 0.1) is 0 Å². The summed E-state index contributed by atoms with van der Waals surface area (Å²) in [5, 5.41) is 75.3. The van der Waals surface area contributed by atoms with Crippen LogP contribution in [0.1, 0.15) is 219 Å². The van der Waals surface area contributed by atoms with Crippen LogP contribution in [0.15, 0.2) is 24.3 Å². The lowest BCUT2D eigenvalue weighted by molar-refractivity contribution is -0.303. The minimum absolute atomic E-state index is 0.259. The highest BCUT2D eigenvalue weighted by molar-refractivity contribution is 5.80. The summed E-state index contributed by atoms with van der Waals surface area (Å²) in [4.78, 5) is 13.0. The second-order valence-corrected chi connectivity index (χ2v) is 17.9. The van der Waals surface area contributed by atoms with Crippen molar-refractivity contribution in [1.29, 1.82) is 0 Å². The van der Waals surface area contributed by atoms with E-state index in [1.165, 1.54) is 122 Å². The molecule has 0 aromatic rings. The van der Waals surface area contributed by atoms with Crippen LogP contribution in [0.5, 0.6) is 0 Å². The lowest BCUT2D eigenvalue weighted by Gasteiger charge is -2.40. The van der Waals surface area contributed by atoms with Crippen molar-refractivity contribution in [2.75, 3.05) is 13.2 Å². The average molecular weight is 870 g/mol. The molecule has 8 N–H and O–H groups in total. The number of carbonyl (C=O) groups is 1. The molecule has 1 rings (SSSR count). The van der Waals surface area contributed by atoms with Gasteiger partial charge in [-0.05, 0) is 44.9 Å². The van der Waals surface area contributed by atoms with Crippen LogP contribution in [0.2, 0.25) is 0 Å². The number of nitrogens with one attached hydrogen (secondary N) is 1. The number of unbranched alkanes of at least 4 members (excludes halogenated alkanes) is 26. The van der Waals surface area contributed by atoms with Crippen LogP contribution in [0.3, 0.4) is 0 Å². The minimum atomic E-state index is -1.66. The summed E-state index contributed by atoms with van der Waals surface area (Å²) in [6, 6.07) is -1.16. The number of rotatable bonds is 42. The van der Waals surface area contributed by atoms with Gasteiger partial charge in [-0.25, -0.2) is 0 Å². The zero-order chi connectivity index (χ0) is 44.8. The van der Waals surface area contributed by atoms with Crippen molar-refractivity contribution < 1.29 is 50.0 Å². The van der Waals surface area contributed by atoms with Gasteiger partial charge in [0.15, 0.2) is 6.29 Å². The van der Waals surface area contributed by atoms with Gasteiger partial charge < -0.3 is 50.5 Å². The molecule has 0 bridgehead atoms. The maximum absolute atomic E-state index is 13.0. The van der Waals surface area contributed by atoms with E-state index < -0.39 is 74.2 Å². The predicted octanol–water partition coefficient (Wildman–Crippen LogP) is 9.01. The van der Waals surface area contributed by atoms with Crippen molar-refractivity contribution in [3.8, 4) is 0 Å². The summed E-state index contributed by atoms with van der Waals surface area (Å²) in [6.07, 6.45) is 34.3. The molecule has 11 nitrogen and oxygen atoms in total. The van der Waals surface area contributed by atoms with Crippen LogP contribution in [0.25, 0.3) is 0 Å². The van der Waals surface area contributed by atoms with Gasteiger partial charge in [0, 0.05) is 0 Å². The Hall–Kier alpha value is -1.41. The number of aliphatic hydroxyl groups is 7. The molecule has 1 amide bonds. The molecule has 61 heavy (non-hydrogen) atoms. The average Bonchev–Trinajstić information content (AvgIpc) is 3.26. The van der Waals surface area contributed by atoms with Gasteiger partial charge >= 0.3 is 0 Å². The Bertz CT molecular complexity index is 1040. The third kappa shape index (κ3) is 29.6. The first-order valence-electron chi connectivity index (χ1n) is 25.2. The second kappa shape index (κ2) is 40.1. The number of aliphatic hydroxyl groups excluding tert-OH is 7. The van der Waals surface area contributed by atoms with Gasteiger partial charge in [0.1, 0.15) is 36.6 Å². The molecule has 0 aromatic heterocycles. The Morgan fingerprint density at radius 3 is 1.46 bits per heavy atom. The molecule has 1 fully saturated rings. The first kappa shape index (κ1) is 57.6. The minimum Gasteiger partial charge on any atom is -0.394 e. The second-order valence-electron chi connectivity index (χ2n) is 17.9. The van der Waals surface area contributed by atoms with Crippen LogP contribution < -0.4 is 5.32 Å². The molecule has 0 radical (unpaired) electrons. The van der Waals surface area contributed by atoms with Gasteiger partial charge in [0.05, 0.1) is 25.4 Å². The van der Waals surface area contributed by atoms with E-state index in [1.54, 1.807) is 0 Å². The van der Waals surface area contributed by atoms with Crippen LogP contribution in [0.4, 0.5) is 0 Å². The van der Waals surface area contributed by atoms with Gasteiger partial charge in [0.2, 0.25) is 5.91 Å². The van der Waals surface area contributed by atoms with E-state index >= 15 is 0 Å². The summed E-state index contributed by atoms with van der Waals surface area (Å²) in [5.74, 6) is -0.702. The number of allylic oxidation sites excluding steroid dienone is 4. The Balaban J connectivity index is 2.20. The lowest BCUT2D eigenvalue weighted by Crippen LogP contribution is -2.60. The van der Waals surface area contributed by atoms with E-state index in [9.17, 15) is 40.5 Å². The number of carbonyl (C=O) groups excluding carboxylic acids is 1. The molecule has 1 heterocycles. The van der Waals surface area contributed by atoms with Gasteiger partial charge in [-0.1, -0.05) is 199 Å². The Labute approximate surface area is 372 Å². The number of ether oxygens (including phenoxy) is 2. The van der Waals surface area contributed by atoms with Crippen LogP contribution in [-0.4, -0.2) is 110 Å². The first-order valence-corrected chi connectivity index (χ1v) is 25.2. The van der Waals surface area contributed by atoms with Gasteiger partial charge in [-0.3, -0.25) is 4.79 Å². The predicted molar refractivity (Wildman–Crippen MR) is 247 cm³/mol. The van der Waals surface area contributed by atoms with Crippen molar-refractivity contribution in [3.05, 3.63) is 24.3 Å². The molecule has 0 aromatic carbocycles. The maximum atomic E-state index is 13.0. The summed E-state index contributed by atoms with van der Waals surface area (Å²) < 4.78 is 11.0. The van der Waals surface area contributed by atoms with E-state index in [4.69, 9.17) is 9.47 Å². The number of hydrogen-bond donors (Lipinski definition) is 8. The molecule has 1 aliphatic heterocycles. The fourth-order valence-corrected chi connectivity index (χ4v) is 8.06. The zero-order valence-electron chi connectivity index (χ0n) is 38.9. The first-order chi connectivity index (χ1) is 29.7. The zero-order valence-corrected chi connectivity index (χ0v) is 38.9. The van der Waals surface area contributed by atoms with E-state index in [0.717, 1.165) is 57.8 Å². The third-order valence-corrected chi connectivity index (χ3v) is 12.3. The quantitative estimate of drug-likeness (QED) is 0.0217. The molecule has 11 heteroatoms. The van der Waals surface area contributed by atoms with Crippen LogP contribution >= 0.6 is 0 Å². The Kier molecular flexibility index (Phi) is 37.9. The monoisotopic (exact) mass is 870 g/mol. The van der Waals surface area contributed by atoms with Crippen molar-refractivity contribution >= 4 is 5.91 Å². The molecular weight excluding hydrogens is 775 g/mol. The number of amides is 1. The highest BCUT2D eigenvalue weighted by atomic mass is 16.7. The highest BCUT2D eigenvalue weighted by Crippen LogP contribution is 2.23. The fraction of sp³-hybridized carbons (Fsp3) is 0.900. The van der Waals surface area contributed by atoms with Crippen LogP contribution in [-0.2, 0) is 14.3 Å². The summed E-state index contributed by atoms with van der Waals surface area (Å²) in [6.45, 7) is 3.36. The van der Waals surface area contributed by atoms with Gasteiger partial charge in [-0.15, -0.1) is 0 Å².